The van der Waals surface area contributed by atoms with Gasteiger partial charge in [-0.2, -0.15) is 0 Å². The van der Waals surface area contributed by atoms with Crippen LogP contribution in [-0.2, 0) is 0 Å². The zero-order chi connectivity index (χ0) is 15.0. The van der Waals surface area contributed by atoms with Gasteiger partial charge in [-0.15, -0.1) is 11.8 Å². The summed E-state index contributed by atoms with van der Waals surface area (Å²) >= 11 is 1.92. The van der Waals surface area contributed by atoms with Gasteiger partial charge in [-0.05, 0) is 48.4 Å². The molecule has 0 N–H and O–H groups in total. The minimum absolute atomic E-state index is 1.09. The average Bonchev–Trinajstić information content (AvgIpc) is 2.61. The Kier molecular flexibility index (Phi) is 5.68. The summed E-state index contributed by atoms with van der Waals surface area (Å²) < 4.78 is 0. The van der Waals surface area contributed by atoms with Crippen molar-refractivity contribution in [2.75, 3.05) is 25.4 Å². The van der Waals surface area contributed by atoms with Crippen molar-refractivity contribution in [1.82, 2.24) is 9.88 Å². The zero-order valence-electron chi connectivity index (χ0n) is 12.8. The Morgan fingerprint density at radius 1 is 1.05 bits per heavy atom. The van der Waals surface area contributed by atoms with E-state index in [0.717, 1.165) is 6.54 Å². The van der Waals surface area contributed by atoms with Crippen LogP contribution in [-0.4, -0.2) is 35.3 Å². The standard InChI is InChI=1S/C19H22N2S/c1-2-5-17(6-3-1)18-9-14-21(15-10-18)13-4-16-22-19-7-11-20-12-8-19/h1-3,5-9,11-12H,4,10,13-16H2. The first kappa shape index (κ1) is 15.3. The Morgan fingerprint density at radius 3 is 2.59 bits per heavy atom. The minimum Gasteiger partial charge on any atom is -0.299 e. The van der Waals surface area contributed by atoms with Crippen molar-refractivity contribution >= 4 is 17.3 Å². The molecule has 0 aliphatic carbocycles. The molecule has 2 nitrogen and oxygen atoms in total. The lowest BCUT2D eigenvalue weighted by Crippen LogP contribution is -2.29. The van der Waals surface area contributed by atoms with Gasteiger partial charge in [0, 0.05) is 30.4 Å². The third-order valence-electron chi connectivity index (χ3n) is 3.97. The van der Waals surface area contributed by atoms with Crippen LogP contribution in [0, 0.1) is 0 Å². The van der Waals surface area contributed by atoms with Gasteiger partial charge >= 0.3 is 0 Å². The molecule has 3 heteroatoms. The van der Waals surface area contributed by atoms with Crippen molar-refractivity contribution < 1.29 is 0 Å². The van der Waals surface area contributed by atoms with E-state index in [1.54, 1.807) is 0 Å². The second kappa shape index (κ2) is 8.16. The third-order valence-corrected chi connectivity index (χ3v) is 5.07. The average molecular weight is 310 g/mol. The number of rotatable bonds is 6. The quantitative estimate of drug-likeness (QED) is 0.583. The Bertz CT molecular complexity index is 595. The van der Waals surface area contributed by atoms with Crippen LogP contribution in [0.5, 0.6) is 0 Å². The van der Waals surface area contributed by atoms with Crippen LogP contribution in [0.15, 0.2) is 65.8 Å². The molecule has 3 rings (SSSR count). The van der Waals surface area contributed by atoms with E-state index in [-0.39, 0.29) is 0 Å². The molecule has 0 atom stereocenters. The van der Waals surface area contributed by atoms with Gasteiger partial charge in [0.15, 0.2) is 0 Å². The van der Waals surface area contributed by atoms with Gasteiger partial charge in [-0.25, -0.2) is 0 Å². The summed E-state index contributed by atoms with van der Waals surface area (Å²) in [5.41, 5.74) is 2.89. The summed E-state index contributed by atoms with van der Waals surface area (Å²) in [7, 11) is 0. The number of hydrogen-bond donors (Lipinski definition) is 0. The molecule has 0 radical (unpaired) electrons. The highest BCUT2D eigenvalue weighted by atomic mass is 32.2. The highest BCUT2D eigenvalue weighted by molar-refractivity contribution is 7.99. The number of thioether (sulfide) groups is 1. The predicted molar refractivity (Wildman–Crippen MR) is 95.1 cm³/mol. The number of nitrogens with zero attached hydrogens (tertiary/aromatic N) is 2. The molecule has 0 saturated carbocycles. The highest BCUT2D eigenvalue weighted by Crippen LogP contribution is 2.22. The molecule has 0 spiro atoms. The van der Waals surface area contributed by atoms with Gasteiger partial charge in [-0.1, -0.05) is 36.4 Å². The van der Waals surface area contributed by atoms with Gasteiger partial charge in [-0.3, -0.25) is 9.88 Å². The second-order valence-electron chi connectivity index (χ2n) is 5.53. The lowest BCUT2D eigenvalue weighted by atomic mass is 9.99. The molecule has 1 aromatic carbocycles. The van der Waals surface area contributed by atoms with Crippen LogP contribution >= 0.6 is 11.8 Å². The summed E-state index contributed by atoms with van der Waals surface area (Å²) in [5, 5.41) is 0. The number of hydrogen-bond acceptors (Lipinski definition) is 3. The topological polar surface area (TPSA) is 16.1 Å². The molecule has 0 unspecified atom stereocenters. The first-order valence-corrected chi connectivity index (χ1v) is 8.90. The summed E-state index contributed by atoms with van der Waals surface area (Å²) in [6.07, 6.45) is 8.53. The Balaban J connectivity index is 1.40. The van der Waals surface area contributed by atoms with Crippen LogP contribution in [0.3, 0.4) is 0 Å². The van der Waals surface area contributed by atoms with Crippen molar-refractivity contribution in [2.45, 2.75) is 17.7 Å². The maximum absolute atomic E-state index is 4.05. The van der Waals surface area contributed by atoms with Gasteiger partial charge in [0.1, 0.15) is 0 Å². The first-order chi connectivity index (χ1) is 10.9. The zero-order valence-corrected chi connectivity index (χ0v) is 13.6. The van der Waals surface area contributed by atoms with Crippen LogP contribution in [0.25, 0.3) is 5.57 Å². The first-order valence-electron chi connectivity index (χ1n) is 7.91. The maximum atomic E-state index is 4.05. The maximum Gasteiger partial charge on any atom is 0.0278 e. The van der Waals surface area contributed by atoms with E-state index in [4.69, 9.17) is 0 Å². The largest absolute Gasteiger partial charge is 0.299 e. The highest BCUT2D eigenvalue weighted by Gasteiger charge is 2.12. The minimum atomic E-state index is 1.09. The van der Waals surface area contributed by atoms with Crippen molar-refractivity contribution in [3.63, 3.8) is 0 Å². The van der Waals surface area contributed by atoms with Gasteiger partial charge in [0.2, 0.25) is 0 Å². The van der Waals surface area contributed by atoms with Crippen molar-refractivity contribution in [3.8, 4) is 0 Å². The van der Waals surface area contributed by atoms with Crippen LogP contribution in [0.4, 0.5) is 0 Å². The summed E-state index contributed by atoms with van der Waals surface area (Å²) in [6.45, 7) is 3.46. The lowest BCUT2D eigenvalue weighted by molar-refractivity contribution is 0.303. The number of pyridine rings is 1. The van der Waals surface area contributed by atoms with Crippen LogP contribution in [0.1, 0.15) is 18.4 Å². The fourth-order valence-electron chi connectivity index (χ4n) is 2.74. The molecule has 22 heavy (non-hydrogen) atoms. The number of aromatic nitrogens is 1. The van der Waals surface area contributed by atoms with Crippen molar-refractivity contribution in [3.05, 3.63) is 66.5 Å². The van der Waals surface area contributed by atoms with Gasteiger partial charge in [0.05, 0.1) is 0 Å². The van der Waals surface area contributed by atoms with Gasteiger partial charge < -0.3 is 0 Å². The van der Waals surface area contributed by atoms with Gasteiger partial charge in [0.25, 0.3) is 0 Å². The molecule has 2 aromatic rings. The lowest BCUT2D eigenvalue weighted by Gasteiger charge is -2.26. The molecular formula is C19H22N2S. The summed E-state index contributed by atoms with van der Waals surface area (Å²) in [4.78, 5) is 7.93. The van der Waals surface area contributed by atoms with E-state index in [0.29, 0.717) is 0 Å². The van der Waals surface area contributed by atoms with E-state index in [9.17, 15) is 0 Å². The summed E-state index contributed by atoms with van der Waals surface area (Å²) in [5.74, 6) is 1.18. The van der Waals surface area contributed by atoms with E-state index < -0.39 is 0 Å². The Morgan fingerprint density at radius 2 is 1.86 bits per heavy atom. The van der Waals surface area contributed by atoms with Crippen molar-refractivity contribution in [1.29, 1.82) is 0 Å². The van der Waals surface area contributed by atoms with Crippen LogP contribution in [0.2, 0.25) is 0 Å². The molecular weight excluding hydrogens is 288 g/mol. The third kappa shape index (κ3) is 4.46. The van der Waals surface area contributed by atoms with Crippen molar-refractivity contribution in [2.24, 2.45) is 0 Å². The van der Waals surface area contributed by atoms with E-state index in [2.05, 4.69) is 58.4 Å². The molecule has 0 bridgehead atoms. The molecule has 0 amide bonds. The van der Waals surface area contributed by atoms with E-state index >= 15 is 0 Å². The Labute approximate surface area is 137 Å². The molecule has 0 fully saturated rings. The van der Waals surface area contributed by atoms with Crippen LogP contribution < -0.4 is 0 Å². The van der Waals surface area contributed by atoms with E-state index in [1.807, 2.05) is 24.2 Å². The Hall–Kier alpha value is -1.58. The van der Waals surface area contributed by atoms with E-state index in [1.165, 1.54) is 47.7 Å². The SMILES string of the molecule is C1=C(c2ccccc2)CCN(CCCSc2ccncc2)C1. The molecule has 114 valence electrons. The molecule has 1 aliphatic heterocycles. The smallest absolute Gasteiger partial charge is 0.0278 e. The fourth-order valence-corrected chi connectivity index (χ4v) is 3.56. The summed E-state index contributed by atoms with van der Waals surface area (Å²) in [6, 6.07) is 14.9. The predicted octanol–water partition coefficient (Wildman–Crippen LogP) is 4.35. The normalized spacial score (nSPS) is 15.5. The monoisotopic (exact) mass is 310 g/mol. The second-order valence-corrected chi connectivity index (χ2v) is 6.70. The molecule has 0 saturated heterocycles. The fraction of sp³-hybridized carbons (Fsp3) is 0.316. The molecule has 2 heterocycles. The number of benzene rings is 1. The molecule has 1 aromatic heterocycles. The molecule has 1 aliphatic rings.